The van der Waals surface area contributed by atoms with E-state index in [0.717, 1.165) is 12.8 Å². The summed E-state index contributed by atoms with van der Waals surface area (Å²) in [4.78, 5) is 0. The quantitative estimate of drug-likeness (QED) is 0.695. The lowest BCUT2D eigenvalue weighted by atomic mass is 9.79. The largest absolute Gasteiger partial charge is 0.119 e. The molecule has 88 valence electrons. The molecule has 0 aromatic heterocycles. The molecule has 0 amide bonds. The van der Waals surface area contributed by atoms with Crippen molar-refractivity contribution in [3.05, 3.63) is 71.8 Å². The number of hydrogen-bond acceptors (Lipinski definition) is 0. The van der Waals surface area contributed by atoms with Gasteiger partial charge in [0, 0.05) is 11.3 Å². The Balaban J connectivity index is 2.09. The van der Waals surface area contributed by atoms with E-state index in [1.807, 2.05) is 0 Å². The van der Waals surface area contributed by atoms with Crippen molar-refractivity contribution in [1.82, 2.24) is 0 Å². The first-order chi connectivity index (χ1) is 8.86. The minimum atomic E-state index is 0.0444. The zero-order valence-electron chi connectivity index (χ0n) is 10.3. The molecule has 0 spiro atoms. The molecule has 0 heteroatoms. The third kappa shape index (κ3) is 1.83. The average Bonchev–Trinajstić information content (AvgIpc) is 3.23. The van der Waals surface area contributed by atoms with E-state index in [4.69, 9.17) is 6.42 Å². The summed E-state index contributed by atoms with van der Waals surface area (Å²) in [5.41, 5.74) is 2.71. The Kier molecular flexibility index (Phi) is 2.68. The molecular weight excluding hydrogens is 216 g/mol. The third-order valence-corrected chi connectivity index (χ3v) is 3.89. The van der Waals surface area contributed by atoms with Crippen LogP contribution in [0.1, 0.15) is 29.9 Å². The van der Waals surface area contributed by atoms with Gasteiger partial charge in [0.1, 0.15) is 0 Å². The maximum atomic E-state index is 5.79. The highest BCUT2D eigenvalue weighted by atomic mass is 14.5. The second kappa shape index (κ2) is 4.35. The molecule has 0 radical (unpaired) electrons. The Labute approximate surface area is 109 Å². The number of hydrogen-bond donors (Lipinski definition) is 0. The molecule has 1 fully saturated rings. The van der Waals surface area contributed by atoms with E-state index < -0.39 is 0 Å². The standard InChI is InChI=1S/C18H16/c1-2-18(13-14-18)17(15-9-5-3-6-10-15)16-11-7-4-8-12-16/h1,3-12,17H,13-14H2. The van der Waals surface area contributed by atoms with Crippen LogP contribution in [-0.4, -0.2) is 0 Å². The fourth-order valence-corrected chi connectivity index (χ4v) is 2.77. The van der Waals surface area contributed by atoms with Gasteiger partial charge in [-0.25, -0.2) is 0 Å². The summed E-state index contributed by atoms with van der Waals surface area (Å²) in [5, 5.41) is 0. The van der Waals surface area contributed by atoms with E-state index in [0.29, 0.717) is 5.92 Å². The molecule has 0 bridgehead atoms. The van der Waals surface area contributed by atoms with Gasteiger partial charge in [-0.05, 0) is 24.0 Å². The number of terminal acetylenes is 1. The van der Waals surface area contributed by atoms with Crippen molar-refractivity contribution in [3.63, 3.8) is 0 Å². The van der Waals surface area contributed by atoms with E-state index in [1.165, 1.54) is 11.1 Å². The molecular formula is C18H16. The lowest BCUT2D eigenvalue weighted by Crippen LogP contribution is -2.13. The van der Waals surface area contributed by atoms with E-state index in [2.05, 4.69) is 66.6 Å². The summed E-state index contributed by atoms with van der Waals surface area (Å²) >= 11 is 0. The molecule has 2 aromatic carbocycles. The fourth-order valence-electron chi connectivity index (χ4n) is 2.77. The second-order valence-corrected chi connectivity index (χ2v) is 5.05. The molecule has 0 unspecified atom stereocenters. The van der Waals surface area contributed by atoms with Gasteiger partial charge in [0.25, 0.3) is 0 Å². The topological polar surface area (TPSA) is 0 Å². The Bertz CT molecular complexity index is 516. The van der Waals surface area contributed by atoms with Crippen LogP contribution in [0.15, 0.2) is 60.7 Å². The minimum Gasteiger partial charge on any atom is -0.119 e. The lowest BCUT2D eigenvalue weighted by molar-refractivity contribution is 0.581. The fraction of sp³-hybridized carbons (Fsp3) is 0.222. The normalized spacial score (nSPS) is 16.2. The van der Waals surface area contributed by atoms with E-state index in [1.54, 1.807) is 0 Å². The summed E-state index contributed by atoms with van der Waals surface area (Å²) in [6.07, 6.45) is 8.07. The van der Waals surface area contributed by atoms with Crippen LogP contribution in [0.5, 0.6) is 0 Å². The van der Waals surface area contributed by atoms with Crippen molar-refractivity contribution in [2.45, 2.75) is 18.8 Å². The highest BCUT2D eigenvalue weighted by molar-refractivity contribution is 5.41. The molecule has 0 aliphatic heterocycles. The van der Waals surface area contributed by atoms with Crippen LogP contribution in [-0.2, 0) is 0 Å². The summed E-state index contributed by atoms with van der Waals surface area (Å²) in [6, 6.07) is 21.3. The molecule has 0 saturated heterocycles. The minimum absolute atomic E-state index is 0.0444. The Morgan fingerprint density at radius 1 is 0.833 bits per heavy atom. The van der Waals surface area contributed by atoms with Gasteiger partial charge in [-0.3, -0.25) is 0 Å². The van der Waals surface area contributed by atoms with Gasteiger partial charge in [0.05, 0.1) is 0 Å². The van der Waals surface area contributed by atoms with Gasteiger partial charge in [-0.15, -0.1) is 6.42 Å². The van der Waals surface area contributed by atoms with Crippen molar-refractivity contribution >= 4 is 0 Å². The van der Waals surface area contributed by atoms with Gasteiger partial charge in [-0.1, -0.05) is 66.6 Å². The molecule has 18 heavy (non-hydrogen) atoms. The van der Waals surface area contributed by atoms with Gasteiger partial charge in [0.15, 0.2) is 0 Å². The molecule has 1 saturated carbocycles. The first-order valence-electron chi connectivity index (χ1n) is 6.43. The molecule has 1 aliphatic carbocycles. The predicted octanol–water partition coefficient (Wildman–Crippen LogP) is 4.23. The maximum absolute atomic E-state index is 5.79. The first kappa shape index (κ1) is 11.1. The Morgan fingerprint density at radius 3 is 1.61 bits per heavy atom. The highest BCUT2D eigenvalue weighted by Gasteiger charge is 2.49. The number of rotatable bonds is 3. The zero-order chi connectivity index (χ0) is 12.4. The number of benzene rings is 2. The SMILES string of the molecule is C#CC1(C(c2ccccc2)c2ccccc2)CC1. The van der Waals surface area contributed by atoms with Crippen molar-refractivity contribution in [3.8, 4) is 12.3 Å². The Morgan fingerprint density at radius 2 is 1.28 bits per heavy atom. The van der Waals surface area contributed by atoms with Crippen molar-refractivity contribution in [1.29, 1.82) is 0 Å². The predicted molar refractivity (Wildman–Crippen MR) is 75.2 cm³/mol. The molecule has 1 aliphatic rings. The van der Waals surface area contributed by atoms with Crippen LogP contribution in [0, 0.1) is 17.8 Å². The summed E-state index contributed by atoms with van der Waals surface area (Å²) in [5.74, 6) is 3.39. The van der Waals surface area contributed by atoms with Gasteiger partial charge < -0.3 is 0 Å². The maximum Gasteiger partial charge on any atom is 0.0422 e. The summed E-state index contributed by atoms with van der Waals surface area (Å²) in [6.45, 7) is 0. The summed E-state index contributed by atoms with van der Waals surface area (Å²) < 4.78 is 0. The monoisotopic (exact) mass is 232 g/mol. The van der Waals surface area contributed by atoms with Crippen molar-refractivity contribution in [2.75, 3.05) is 0 Å². The van der Waals surface area contributed by atoms with Gasteiger partial charge in [-0.2, -0.15) is 0 Å². The molecule has 3 rings (SSSR count). The van der Waals surface area contributed by atoms with Crippen molar-refractivity contribution in [2.24, 2.45) is 5.41 Å². The molecule has 0 nitrogen and oxygen atoms in total. The molecule has 2 aromatic rings. The van der Waals surface area contributed by atoms with Crippen molar-refractivity contribution < 1.29 is 0 Å². The zero-order valence-corrected chi connectivity index (χ0v) is 10.3. The van der Waals surface area contributed by atoms with E-state index in [-0.39, 0.29) is 5.41 Å². The second-order valence-electron chi connectivity index (χ2n) is 5.05. The molecule has 0 N–H and O–H groups in total. The lowest BCUT2D eigenvalue weighted by Gasteiger charge is -2.24. The van der Waals surface area contributed by atoms with E-state index in [9.17, 15) is 0 Å². The average molecular weight is 232 g/mol. The van der Waals surface area contributed by atoms with Crippen LogP contribution < -0.4 is 0 Å². The van der Waals surface area contributed by atoms with Crippen LogP contribution >= 0.6 is 0 Å². The third-order valence-electron chi connectivity index (χ3n) is 3.89. The van der Waals surface area contributed by atoms with Gasteiger partial charge >= 0.3 is 0 Å². The smallest absolute Gasteiger partial charge is 0.0422 e. The van der Waals surface area contributed by atoms with Crippen LogP contribution in [0.4, 0.5) is 0 Å². The molecule has 0 heterocycles. The van der Waals surface area contributed by atoms with E-state index >= 15 is 0 Å². The highest BCUT2D eigenvalue weighted by Crippen LogP contribution is 2.57. The van der Waals surface area contributed by atoms with Crippen LogP contribution in [0.3, 0.4) is 0 Å². The first-order valence-corrected chi connectivity index (χ1v) is 6.43. The molecule has 0 atom stereocenters. The van der Waals surface area contributed by atoms with Gasteiger partial charge in [0.2, 0.25) is 0 Å². The Hall–Kier alpha value is -2.00. The summed E-state index contributed by atoms with van der Waals surface area (Å²) in [7, 11) is 0. The van der Waals surface area contributed by atoms with Crippen LogP contribution in [0.2, 0.25) is 0 Å². The van der Waals surface area contributed by atoms with Crippen LogP contribution in [0.25, 0.3) is 0 Å².